The Labute approximate surface area is 85.5 Å². The minimum absolute atomic E-state index is 0.0956. The average Bonchev–Trinajstić information content (AvgIpc) is 2.17. The zero-order valence-electron chi connectivity index (χ0n) is 7.62. The molecule has 0 fully saturated rings. The summed E-state index contributed by atoms with van der Waals surface area (Å²) in [6, 6.07) is 2.67. The Bertz CT molecular complexity index is 494. The van der Waals surface area contributed by atoms with Gasteiger partial charge < -0.3 is 5.73 Å². The van der Waals surface area contributed by atoms with Crippen LogP contribution in [0.4, 0.5) is 4.39 Å². The molecule has 0 aliphatic heterocycles. The van der Waals surface area contributed by atoms with Gasteiger partial charge in [-0.05, 0) is 6.07 Å². The van der Waals surface area contributed by atoms with Gasteiger partial charge in [0.1, 0.15) is 6.07 Å². The fraction of sp³-hybridized carbons (Fsp3) is 0.100. The van der Waals surface area contributed by atoms with Gasteiger partial charge in [0.05, 0.1) is 6.42 Å². The molecular formula is C10H6FN3O. The van der Waals surface area contributed by atoms with Crippen molar-refractivity contribution in [3.8, 4) is 17.9 Å². The first-order valence-corrected chi connectivity index (χ1v) is 3.96. The van der Waals surface area contributed by atoms with Crippen molar-refractivity contribution in [2.24, 2.45) is 5.73 Å². The number of hydrogen-bond acceptors (Lipinski definition) is 3. The maximum atomic E-state index is 13.0. The number of nitrogens with zero attached hydrogens (tertiary/aromatic N) is 2. The molecule has 2 N–H and O–H groups in total. The second kappa shape index (κ2) is 4.73. The molecule has 0 saturated heterocycles. The van der Waals surface area contributed by atoms with E-state index in [2.05, 4.69) is 16.8 Å². The number of amides is 1. The Morgan fingerprint density at radius 2 is 2.40 bits per heavy atom. The number of rotatable bonds is 1. The zero-order valence-corrected chi connectivity index (χ0v) is 7.62. The van der Waals surface area contributed by atoms with E-state index in [9.17, 15) is 9.18 Å². The van der Waals surface area contributed by atoms with E-state index in [1.54, 1.807) is 6.07 Å². The summed E-state index contributed by atoms with van der Waals surface area (Å²) in [6.07, 6.45) is 1.16. The lowest BCUT2D eigenvalue weighted by Gasteiger charge is -1.92. The molecule has 15 heavy (non-hydrogen) atoms. The molecule has 74 valence electrons. The SMILES string of the molecule is N#Cc1ncc(C#CCC(N)=O)cc1F. The van der Waals surface area contributed by atoms with Crippen LogP contribution in [-0.4, -0.2) is 10.9 Å². The molecule has 1 heterocycles. The standard InChI is InChI=1S/C10H6FN3O/c11-8-4-7(2-1-3-10(13)15)6-14-9(8)5-12/h4,6H,3H2,(H2,13,15). The van der Waals surface area contributed by atoms with Crippen LogP contribution >= 0.6 is 0 Å². The third-order valence-electron chi connectivity index (χ3n) is 1.44. The van der Waals surface area contributed by atoms with Crippen molar-refractivity contribution in [3.05, 3.63) is 29.3 Å². The highest BCUT2D eigenvalue weighted by atomic mass is 19.1. The molecule has 1 aromatic heterocycles. The lowest BCUT2D eigenvalue weighted by atomic mass is 10.2. The summed E-state index contributed by atoms with van der Waals surface area (Å²) in [5.41, 5.74) is 4.87. The Hall–Kier alpha value is -2.40. The van der Waals surface area contributed by atoms with Crippen molar-refractivity contribution in [1.82, 2.24) is 4.98 Å². The van der Waals surface area contributed by atoms with E-state index in [0.717, 1.165) is 6.07 Å². The first-order chi connectivity index (χ1) is 7.13. The highest BCUT2D eigenvalue weighted by molar-refractivity contribution is 5.76. The third kappa shape index (κ3) is 3.09. The van der Waals surface area contributed by atoms with Gasteiger partial charge in [-0.3, -0.25) is 4.79 Å². The van der Waals surface area contributed by atoms with Crippen LogP contribution in [0.2, 0.25) is 0 Å². The van der Waals surface area contributed by atoms with Gasteiger partial charge in [-0.15, -0.1) is 0 Å². The van der Waals surface area contributed by atoms with Crippen molar-refractivity contribution < 1.29 is 9.18 Å². The monoisotopic (exact) mass is 203 g/mol. The lowest BCUT2D eigenvalue weighted by Crippen LogP contribution is -2.08. The first kappa shape index (κ1) is 10.7. The Kier molecular flexibility index (Phi) is 3.37. The molecule has 0 unspecified atom stereocenters. The van der Waals surface area contributed by atoms with Gasteiger partial charge in [0.2, 0.25) is 5.91 Å². The summed E-state index contributed by atoms with van der Waals surface area (Å²) in [7, 11) is 0. The van der Waals surface area contributed by atoms with E-state index in [-0.39, 0.29) is 12.1 Å². The van der Waals surface area contributed by atoms with Crippen LogP contribution < -0.4 is 5.73 Å². The fourth-order valence-corrected chi connectivity index (χ4v) is 0.822. The summed E-state index contributed by atoms with van der Waals surface area (Å²) in [5, 5.41) is 8.41. The molecule has 1 aromatic rings. The maximum absolute atomic E-state index is 13.0. The minimum atomic E-state index is -0.733. The van der Waals surface area contributed by atoms with Gasteiger partial charge in [0.25, 0.3) is 0 Å². The highest BCUT2D eigenvalue weighted by Crippen LogP contribution is 2.04. The number of pyridine rings is 1. The smallest absolute Gasteiger partial charge is 0.229 e. The second-order valence-corrected chi connectivity index (χ2v) is 2.61. The molecule has 0 saturated carbocycles. The van der Waals surface area contributed by atoms with Crippen molar-refractivity contribution in [2.75, 3.05) is 0 Å². The number of nitrogens with two attached hydrogens (primary N) is 1. The van der Waals surface area contributed by atoms with Crippen LogP contribution in [0.15, 0.2) is 12.3 Å². The number of halogens is 1. The maximum Gasteiger partial charge on any atom is 0.229 e. The van der Waals surface area contributed by atoms with Crippen LogP contribution in [0.25, 0.3) is 0 Å². The molecule has 5 heteroatoms. The van der Waals surface area contributed by atoms with Crippen LogP contribution in [0, 0.1) is 29.0 Å². The number of hydrogen-bond donors (Lipinski definition) is 1. The quantitative estimate of drug-likeness (QED) is 0.667. The summed E-state index contributed by atoms with van der Waals surface area (Å²) in [4.78, 5) is 13.9. The Morgan fingerprint density at radius 1 is 1.67 bits per heavy atom. The third-order valence-corrected chi connectivity index (χ3v) is 1.44. The predicted molar refractivity (Wildman–Crippen MR) is 49.6 cm³/mol. The number of carbonyl (C=O) groups is 1. The van der Waals surface area contributed by atoms with Crippen molar-refractivity contribution in [3.63, 3.8) is 0 Å². The zero-order chi connectivity index (χ0) is 11.3. The molecular weight excluding hydrogens is 197 g/mol. The van der Waals surface area contributed by atoms with E-state index in [4.69, 9.17) is 11.0 Å². The topological polar surface area (TPSA) is 79.8 Å². The molecule has 0 aliphatic rings. The normalized spacial score (nSPS) is 8.53. The number of aromatic nitrogens is 1. The van der Waals surface area contributed by atoms with Crippen LogP contribution in [-0.2, 0) is 4.79 Å². The van der Waals surface area contributed by atoms with Gasteiger partial charge in [-0.1, -0.05) is 11.8 Å². The molecule has 0 spiro atoms. The van der Waals surface area contributed by atoms with E-state index in [1.807, 2.05) is 0 Å². The molecule has 0 bridgehead atoms. The van der Waals surface area contributed by atoms with Gasteiger partial charge in [0.15, 0.2) is 11.5 Å². The summed E-state index contributed by atoms with van der Waals surface area (Å²) < 4.78 is 13.0. The number of nitriles is 1. The van der Waals surface area contributed by atoms with Crippen molar-refractivity contribution >= 4 is 5.91 Å². The molecule has 1 rings (SSSR count). The van der Waals surface area contributed by atoms with Gasteiger partial charge in [-0.2, -0.15) is 5.26 Å². The van der Waals surface area contributed by atoms with Crippen molar-refractivity contribution in [2.45, 2.75) is 6.42 Å². The molecule has 0 aromatic carbocycles. The second-order valence-electron chi connectivity index (χ2n) is 2.61. The molecule has 0 radical (unpaired) electrons. The van der Waals surface area contributed by atoms with E-state index in [0.29, 0.717) is 5.56 Å². The largest absolute Gasteiger partial charge is 0.369 e. The van der Waals surface area contributed by atoms with E-state index < -0.39 is 11.7 Å². The molecule has 0 atom stereocenters. The van der Waals surface area contributed by atoms with Gasteiger partial charge in [0, 0.05) is 11.8 Å². The first-order valence-electron chi connectivity index (χ1n) is 3.96. The minimum Gasteiger partial charge on any atom is -0.369 e. The highest BCUT2D eigenvalue weighted by Gasteiger charge is 2.02. The van der Waals surface area contributed by atoms with Gasteiger partial charge >= 0.3 is 0 Å². The molecule has 0 aliphatic carbocycles. The fourth-order valence-electron chi connectivity index (χ4n) is 0.822. The Morgan fingerprint density at radius 3 is 2.93 bits per heavy atom. The van der Waals surface area contributed by atoms with Crippen LogP contribution in [0.1, 0.15) is 17.7 Å². The van der Waals surface area contributed by atoms with Crippen molar-refractivity contribution in [1.29, 1.82) is 5.26 Å². The Balaban J connectivity index is 2.88. The summed E-state index contributed by atoms with van der Waals surface area (Å²) in [6.45, 7) is 0. The van der Waals surface area contributed by atoms with E-state index in [1.165, 1.54) is 6.20 Å². The van der Waals surface area contributed by atoms with Gasteiger partial charge in [-0.25, -0.2) is 9.37 Å². The predicted octanol–water partition coefficient (Wildman–Crippen LogP) is 0.319. The van der Waals surface area contributed by atoms with Crippen LogP contribution in [0.5, 0.6) is 0 Å². The van der Waals surface area contributed by atoms with E-state index >= 15 is 0 Å². The van der Waals surface area contributed by atoms with Crippen LogP contribution in [0.3, 0.4) is 0 Å². The molecule has 4 nitrogen and oxygen atoms in total. The molecule has 1 amide bonds. The number of primary amides is 1. The lowest BCUT2D eigenvalue weighted by molar-refractivity contribution is -0.117. The summed E-state index contributed by atoms with van der Waals surface area (Å²) in [5.74, 6) is 3.67. The number of carbonyl (C=O) groups excluding carboxylic acids is 1. The summed E-state index contributed by atoms with van der Waals surface area (Å²) >= 11 is 0. The average molecular weight is 203 g/mol.